The van der Waals surface area contributed by atoms with E-state index in [-0.39, 0.29) is 24.5 Å². The van der Waals surface area contributed by atoms with E-state index in [1.54, 1.807) is 4.90 Å². The molecule has 1 aliphatic heterocycles. The third-order valence-electron chi connectivity index (χ3n) is 4.90. The normalized spacial score (nSPS) is 14.6. The number of hydrogen-bond acceptors (Lipinski definition) is 3. The maximum atomic E-state index is 12.4. The van der Waals surface area contributed by atoms with Gasteiger partial charge in [-0.15, -0.1) is 0 Å². The first-order valence-electron chi connectivity index (χ1n) is 9.26. The van der Waals surface area contributed by atoms with E-state index in [2.05, 4.69) is 5.32 Å². The number of piperidine rings is 1. The van der Waals surface area contributed by atoms with E-state index < -0.39 is 0 Å². The maximum absolute atomic E-state index is 12.4. The van der Waals surface area contributed by atoms with Crippen LogP contribution in [0.4, 0.5) is 0 Å². The fourth-order valence-electron chi connectivity index (χ4n) is 3.21. The molecule has 0 aliphatic carbocycles. The molecule has 2 amide bonds. The zero-order valence-electron chi connectivity index (χ0n) is 15.9. The molecule has 5 nitrogen and oxygen atoms in total. The van der Waals surface area contributed by atoms with Crippen molar-refractivity contribution in [1.82, 2.24) is 10.2 Å². The molecule has 0 saturated carbocycles. The number of amides is 2. The van der Waals surface area contributed by atoms with Crippen molar-refractivity contribution in [3.8, 4) is 5.75 Å². The highest BCUT2D eigenvalue weighted by atomic mass is 35.5. The Balaban J connectivity index is 1.48. The summed E-state index contributed by atoms with van der Waals surface area (Å²) in [4.78, 5) is 26.6. The second-order valence-electron chi connectivity index (χ2n) is 6.93. The van der Waals surface area contributed by atoms with Crippen molar-refractivity contribution in [2.75, 3.05) is 19.7 Å². The van der Waals surface area contributed by atoms with Crippen LogP contribution in [0, 0.1) is 6.92 Å². The molecule has 0 aromatic heterocycles. The van der Waals surface area contributed by atoms with Crippen LogP contribution in [0.25, 0.3) is 0 Å². The summed E-state index contributed by atoms with van der Waals surface area (Å²) in [6, 6.07) is 10.5. The highest BCUT2D eigenvalue weighted by Crippen LogP contribution is 2.33. The molecule has 0 atom stereocenters. The summed E-state index contributed by atoms with van der Waals surface area (Å²) < 4.78 is 5.51. The minimum absolute atomic E-state index is 0.0385. The number of nitrogens with one attached hydrogen (secondary N) is 1. The van der Waals surface area contributed by atoms with Crippen molar-refractivity contribution >= 4 is 46.6 Å². The van der Waals surface area contributed by atoms with E-state index in [0.717, 1.165) is 5.56 Å². The van der Waals surface area contributed by atoms with Crippen LogP contribution >= 0.6 is 34.8 Å². The first-order valence-corrected chi connectivity index (χ1v) is 10.4. The Bertz CT molecular complexity index is 912. The van der Waals surface area contributed by atoms with Crippen LogP contribution in [0.2, 0.25) is 15.1 Å². The first kappa shape index (κ1) is 21.8. The molecule has 154 valence electrons. The Kier molecular flexibility index (Phi) is 7.28. The van der Waals surface area contributed by atoms with Gasteiger partial charge in [0.25, 0.3) is 11.8 Å². The maximum Gasteiger partial charge on any atom is 0.260 e. The van der Waals surface area contributed by atoms with Gasteiger partial charge in [0.15, 0.2) is 6.61 Å². The number of benzene rings is 2. The lowest BCUT2D eigenvalue weighted by atomic mass is 10.0. The average molecular weight is 456 g/mol. The quantitative estimate of drug-likeness (QED) is 0.662. The van der Waals surface area contributed by atoms with Crippen LogP contribution in [0.3, 0.4) is 0 Å². The van der Waals surface area contributed by atoms with E-state index in [4.69, 9.17) is 39.5 Å². The first-order chi connectivity index (χ1) is 13.8. The Hall–Kier alpha value is -1.95. The molecule has 29 heavy (non-hydrogen) atoms. The minimum atomic E-state index is -0.143. The summed E-state index contributed by atoms with van der Waals surface area (Å²) in [7, 11) is 0. The van der Waals surface area contributed by atoms with Gasteiger partial charge in [-0.1, -0.05) is 53.0 Å². The lowest BCUT2D eigenvalue weighted by Gasteiger charge is -2.32. The summed E-state index contributed by atoms with van der Waals surface area (Å²) >= 11 is 17.9. The number of rotatable bonds is 5. The van der Waals surface area contributed by atoms with Gasteiger partial charge in [0, 0.05) is 30.8 Å². The van der Waals surface area contributed by atoms with Gasteiger partial charge in [0.2, 0.25) is 0 Å². The fourth-order valence-corrected chi connectivity index (χ4v) is 3.80. The third kappa shape index (κ3) is 5.56. The summed E-state index contributed by atoms with van der Waals surface area (Å²) in [6.07, 6.45) is 1.38. The van der Waals surface area contributed by atoms with Crippen molar-refractivity contribution in [3.05, 3.63) is 62.6 Å². The smallest absolute Gasteiger partial charge is 0.260 e. The van der Waals surface area contributed by atoms with Crippen LogP contribution in [0.15, 0.2) is 36.4 Å². The summed E-state index contributed by atoms with van der Waals surface area (Å²) in [5.41, 5.74) is 1.62. The van der Waals surface area contributed by atoms with Crippen molar-refractivity contribution in [3.63, 3.8) is 0 Å². The molecular formula is C21H21Cl3N2O3. The van der Waals surface area contributed by atoms with Crippen molar-refractivity contribution in [1.29, 1.82) is 0 Å². The summed E-state index contributed by atoms with van der Waals surface area (Å²) in [6.45, 7) is 2.88. The van der Waals surface area contributed by atoms with Crippen LogP contribution in [-0.2, 0) is 4.79 Å². The monoisotopic (exact) mass is 454 g/mol. The highest BCUT2D eigenvalue weighted by Gasteiger charge is 2.25. The molecule has 1 heterocycles. The number of ether oxygens (including phenoxy) is 1. The molecule has 2 aromatic carbocycles. The predicted molar refractivity (Wildman–Crippen MR) is 115 cm³/mol. The zero-order chi connectivity index (χ0) is 21.0. The van der Waals surface area contributed by atoms with E-state index in [1.165, 1.54) is 12.1 Å². The van der Waals surface area contributed by atoms with Gasteiger partial charge < -0.3 is 15.0 Å². The molecule has 3 rings (SSSR count). The van der Waals surface area contributed by atoms with Gasteiger partial charge in [-0.3, -0.25) is 9.59 Å². The second kappa shape index (κ2) is 9.70. The fraction of sp³-hybridized carbons (Fsp3) is 0.333. The van der Waals surface area contributed by atoms with Crippen LogP contribution in [0.5, 0.6) is 5.75 Å². The molecule has 0 spiro atoms. The van der Waals surface area contributed by atoms with Gasteiger partial charge in [-0.05, 0) is 37.5 Å². The molecule has 8 heteroatoms. The molecule has 1 N–H and O–H groups in total. The van der Waals surface area contributed by atoms with Crippen LogP contribution in [0.1, 0.15) is 28.8 Å². The standard InChI is InChI=1S/C21H21Cl3N2O3/c1-13-4-2-3-5-15(13)21(28)25-14-6-8-26(9-7-14)20(27)12-29-19-11-17(23)16(22)10-18(19)24/h2-5,10-11,14H,6-9,12H2,1H3,(H,25,28). The molecule has 0 radical (unpaired) electrons. The summed E-state index contributed by atoms with van der Waals surface area (Å²) in [5.74, 6) is 0.0936. The van der Waals surface area contributed by atoms with E-state index in [0.29, 0.717) is 52.3 Å². The number of hydrogen-bond donors (Lipinski definition) is 1. The molecule has 1 fully saturated rings. The van der Waals surface area contributed by atoms with Crippen molar-refractivity contribution in [2.45, 2.75) is 25.8 Å². The number of carbonyl (C=O) groups is 2. The van der Waals surface area contributed by atoms with Crippen LogP contribution < -0.4 is 10.1 Å². The topological polar surface area (TPSA) is 58.6 Å². The molecule has 2 aromatic rings. The van der Waals surface area contributed by atoms with Crippen molar-refractivity contribution < 1.29 is 14.3 Å². The highest BCUT2D eigenvalue weighted by molar-refractivity contribution is 6.43. The Morgan fingerprint density at radius 3 is 2.41 bits per heavy atom. The lowest BCUT2D eigenvalue weighted by Crippen LogP contribution is -2.47. The molecule has 0 unspecified atom stereocenters. The Morgan fingerprint density at radius 1 is 1.07 bits per heavy atom. The molecule has 0 bridgehead atoms. The Morgan fingerprint density at radius 2 is 1.72 bits per heavy atom. The summed E-state index contributed by atoms with van der Waals surface area (Å²) in [5, 5.41) is 3.99. The second-order valence-corrected chi connectivity index (χ2v) is 8.15. The lowest BCUT2D eigenvalue weighted by molar-refractivity contribution is -0.134. The molecule has 1 saturated heterocycles. The van der Waals surface area contributed by atoms with Gasteiger partial charge in [-0.2, -0.15) is 0 Å². The molecule has 1 aliphatic rings. The number of aryl methyl sites for hydroxylation is 1. The SMILES string of the molecule is Cc1ccccc1C(=O)NC1CCN(C(=O)COc2cc(Cl)c(Cl)cc2Cl)CC1. The zero-order valence-corrected chi connectivity index (χ0v) is 18.2. The number of nitrogens with zero attached hydrogens (tertiary/aromatic N) is 1. The van der Waals surface area contributed by atoms with E-state index >= 15 is 0 Å². The third-order valence-corrected chi connectivity index (χ3v) is 5.92. The van der Waals surface area contributed by atoms with Gasteiger partial charge in [0.05, 0.1) is 15.1 Å². The average Bonchev–Trinajstić information content (AvgIpc) is 2.70. The number of carbonyl (C=O) groups excluding carboxylic acids is 2. The number of halogens is 3. The largest absolute Gasteiger partial charge is 0.482 e. The van der Waals surface area contributed by atoms with E-state index in [1.807, 2.05) is 31.2 Å². The van der Waals surface area contributed by atoms with Crippen molar-refractivity contribution in [2.24, 2.45) is 0 Å². The van der Waals surface area contributed by atoms with Gasteiger partial charge >= 0.3 is 0 Å². The van der Waals surface area contributed by atoms with Gasteiger partial charge in [-0.25, -0.2) is 0 Å². The van der Waals surface area contributed by atoms with E-state index in [9.17, 15) is 9.59 Å². The number of likely N-dealkylation sites (tertiary alicyclic amines) is 1. The minimum Gasteiger partial charge on any atom is -0.482 e. The van der Waals surface area contributed by atoms with Gasteiger partial charge in [0.1, 0.15) is 5.75 Å². The predicted octanol–water partition coefficient (Wildman–Crippen LogP) is 4.76. The molecular weight excluding hydrogens is 435 g/mol. The Labute approximate surface area is 184 Å². The van der Waals surface area contributed by atoms with Crippen LogP contribution in [-0.4, -0.2) is 42.5 Å².